The first kappa shape index (κ1) is 14.9. The molecule has 92 valence electrons. The molecule has 0 amide bonds. The van der Waals surface area contributed by atoms with Gasteiger partial charge in [-0.3, -0.25) is 0 Å². The highest BCUT2D eigenvalue weighted by molar-refractivity contribution is 7.92. The molecular formula is C10H24N2O2S. The van der Waals surface area contributed by atoms with Crippen LogP contribution in [0.5, 0.6) is 0 Å². The first-order valence-corrected chi connectivity index (χ1v) is 6.90. The molecule has 0 aliphatic heterocycles. The van der Waals surface area contributed by atoms with E-state index >= 15 is 0 Å². The fraction of sp³-hybridized carbons (Fsp3) is 1.00. The Balaban J connectivity index is 3.78. The predicted octanol–water partition coefficient (Wildman–Crippen LogP) is 0.351. The van der Waals surface area contributed by atoms with Gasteiger partial charge in [0.15, 0.2) is 9.84 Å². The van der Waals surface area contributed by atoms with Crippen LogP contribution in [0.3, 0.4) is 0 Å². The Morgan fingerprint density at radius 1 is 1.13 bits per heavy atom. The summed E-state index contributed by atoms with van der Waals surface area (Å²) in [5.74, 6) is 0.212. The van der Waals surface area contributed by atoms with Crippen LogP contribution < -0.4 is 5.32 Å². The van der Waals surface area contributed by atoms with E-state index in [0.29, 0.717) is 6.54 Å². The molecule has 0 atom stereocenters. The van der Waals surface area contributed by atoms with Gasteiger partial charge in [0.25, 0.3) is 0 Å². The molecule has 0 saturated carbocycles. The van der Waals surface area contributed by atoms with Crippen LogP contribution in [0.1, 0.15) is 20.8 Å². The third kappa shape index (κ3) is 6.12. The van der Waals surface area contributed by atoms with Crippen molar-refractivity contribution in [1.82, 2.24) is 10.2 Å². The molecule has 0 rings (SSSR count). The summed E-state index contributed by atoms with van der Waals surface area (Å²) in [5, 5.41) is 3.12. The SMILES string of the molecule is CN(C)CCNCCS(=O)(=O)C(C)(C)C. The summed E-state index contributed by atoms with van der Waals surface area (Å²) in [6.07, 6.45) is 0. The lowest BCUT2D eigenvalue weighted by molar-refractivity contribution is 0.402. The average Bonchev–Trinajstić information content (AvgIpc) is 2.00. The predicted molar refractivity (Wildman–Crippen MR) is 65.0 cm³/mol. The standard InChI is InChI=1S/C10H24N2O2S/c1-10(2,3)15(13,14)9-7-11-6-8-12(4)5/h11H,6-9H2,1-5H3. The smallest absolute Gasteiger partial charge is 0.156 e. The van der Waals surface area contributed by atoms with Crippen molar-refractivity contribution in [2.24, 2.45) is 0 Å². The summed E-state index contributed by atoms with van der Waals surface area (Å²) in [4.78, 5) is 2.06. The fourth-order valence-corrected chi connectivity index (χ4v) is 1.97. The summed E-state index contributed by atoms with van der Waals surface area (Å²) in [6.45, 7) is 7.50. The lowest BCUT2D eigenvalue weighted by Gasteiger charge is -2.19. The second kappa shape index (κ2) is 5.82. The minimum absolute atomic E-state index is 0.212. The van der Waals surface area contributed by atoms with Gasteiger partial charge in [-0.15, -0.1) is 0 Å². The molecule has 0 unspecified atom stereocenters. The molecule has 0 heterocycles. The number of sulfone groups is 1. The van der Waals surface area contributed by atoms with Crippen LogP contribution in [0.2, 0.25) is 0 Å². The van der Waals surface area contributed by atoms with E-state index in [1.54, 1.807) is 20.8 Å². The molecule has 0 aromatic carbocycles. The monoisotopic (exact) mass is 236 g/mol. The van der Waals surface area contributed by atoms with Gasteiger partial charge in [0.05, 0.1) is 10.5 Å². The van der Waals surface area contributed by atoms with Crippen LogP contribution in [0, 0.1) is 0 Å². The van der Waals surface area contributed by atoms with Crippen LogP contribution >= 0.6 is 0 Å². The summed E-state index contributed by atoms with van der Waals surface area (Å²) in [7, 11) is 1.01. The zero-order valence-corrected chi connectivity index (χ0v) is 11.3. The summed E-state index contributed by atoms with van der Waals surface area (Å²) < 4.78 is 22.8. The third-order valence-electron chi connectivity index (χ3n) is 2.22. The highest BCUT2D eigenvalue weighted by atomic mass is 32.2. The largest absolute Gasteiger partial charge is 0.314 e. The van der Waals surface area contributed by atoms with E-state index in [1.807, 2.05) is 14.1 Å². The number of nitrogens with one attached hydrogen (secondary N) is 1. The van der Waals surface area contributed by atoms with Crippen molar-refractivity contribution < 1.29 is 8.42 Å². The van der Waals surface area contributed by atoms with Gasteiger partial charge in [0, 0.05) is 19.6 Å². The minimum atomic E-state index is -2.97. The minimum Gasteiger partial charge on any atom is -0.314 e. The number of rotatable bonds is 6. The van der Waals surface area contributed by atoms with Crippen molar-refractivity contribution >= 4 is 9.84 Å². The maximum absolute atomic E-state index is 11.7. The summed E-state index contributed by atoms with van der Waals surface area (Å²) >= 11 is 0. The van der Waals surface area contributed by atoms with E-state index in [9.17, 15) is 8.42 Å². The Morgan fingerprint density at radius 2 is 1.67 bits per heavy atom. The Bertz CT molecular complexity index is 266. The van der Waals surface area contributed by atoms with E-state index < -0.39 is 14.6 Å². The van der Waals surface area contributed by atoms with E-state index in [0.717, 1.165) is 13.1 Å². The molecule has 0 radical (unpaired) electrons. The Hall–Kier alpha value is -0.130. The quantitative estimate of drug-likeness (QED) is 0.676. The molecule has 0 bridgehead atoms. The van der Waals surface area contributed by atoms with Crippen LogP contribution in [-0.4, -0.2) is 57.5 Å². The molecule has 0 aliphatic carbocycles. The second-order valence-electron chi connectivity index (χ2n) is 4.98. The van der Waals surface area contributed by atoms with Gasteiger partial charge in [0.1, 0.15) is 0 Å². The van der Waals surface area contributed by atoms with Gasteiger partial charge in [-0.2, -0.15) is 0 Å². The van der Waals surface area contributed by atoms with Gasteiger partial charge in [-0.25, -0.2) is 8.42 Å². The summed E-state index contributed by atoms with van der Waals surface area (Å²) in [5.41, 5.74) is 0. The Kier molecular flexibility index (Phi) is 5.77. The zero-order valence-electron chi connectivity index (χ0n) is 10.5. The molecule has 0 aromatic rings. The molecule has 0 fully saturated rings. The van der Waals surface area contributed by atoms with Crippen LogP contribution in [0.4, 0.5) is 0 Å². The molecule has 15 heavy (non-hydrogen) atoms. The molecule has 1 N–H and O–H groups in total. The number of likely N-dealkylation sites (N-methyl/N-ethyl adjacent to an activating group) is 1. The van der Waals surface area contributed by atoms with E-state index in [4.69, 9.17) is 0 Å². The van der Waals surface area contributed by atoms with Gasteiger partial charge in [-0.1, -0.05) is 0 Å². The van der Waals surface area contributed by atoms with E-state index in [-0.39, 0.29) is 5.75 Å². The van der Waals surface area contributed by atoms with Gasteiger partial charge in [0.2, 0.25) is 0 Å². The molecule has 4 nitrogen and oxygen atoms in total. The lowest BCUT2D eigenvalue weighted by atomic mass is 10.3. The second-order valence-corrected chi connectivity index (χ2v) is 7.85. The van der Waals surface area contributed by atoms with Crippen LogP contribution in [-0.2, 0) is 9.84 Å². The third-order valence-corrected chi connectivity index (χ3v) is 4.82. The molecule has 0 aromatic heterocycles. The fourth-order valence-electron chi connectivity index (χ4n) is 0.940. The van der Waals surface area contributed by atoms with Gasteiger partial charge in [-0.05, 0) is 34.9 Å². The maximum Gasteiger partial charge on any atom is 0.156 e. The van der Waals surface area contributed by atoms with Crippen molar-refractivity contribution in [3.63, 3.8) is 0 Å². The molecule has 0 aliphatic rings. The molecule has 0 saturated heterocycles. The molecular weight excluding hydrogens is 212 g/mol. The highest BCUT2D eigenvalue weighted by Gasteiger charge is 2.27. The topological polar surface area (TPSA) is 49.4 Å². The van der Waals surface area contributed by atoms with Crippen molar-refractivity contribution in [2.45, 2.75) is 25.5 Å². The van der Waals surface area contributed by atoms with Crippen molar-refractivity contribution in [3.8, 4) is 0 Å². The van der Waals surface area contributed by atoms with E-state index in [2.05, 4.69) is 10.2 Å². The van der Waals surface area contributed by atoms with E-state index in [1.165, 1.54) is 0 Å². The average molecular weight is 236 g/mol. The van der Waals surface area contributed by atoms with Crippen LogP contribution in [0.25, 0.3) is 0 Å². The first-order valence-electron chi connectivity index (χ1n) is 5.24. The normalized spacial score (nSPS) is 13.5. The van der Waals surface area contributed by atoms with Crippen molar-refractivity contribution in [1.29, 1.82) is 0 Å². The summed E-state index contributed by atoms with van der Waals surface area (Å²) in [6, 6.07) is 0. The van der Waals surface area contributed by atoms with Crippen molar-refractivity contribution in [2.75, 3.05) is 39.5 Å². The number of hydrogen-bond donors (Lipinski definition) is 1. The number of hydrogen-bond acceptors (Lipinski definition) is 4. The van der Waals surface area contributed by atoms with Crippen molar-refractivity contribution in [3.05, 3.63) is 0 Å². The molecule has 0 spiro atoms. The molecule has 5 heteroatoms. The van der Waals surface area contributed by atoms with Gasteiger partial charge >= 0.3 is 0 Å². The van der Waals surface area contributed by atoms with Gasteiger partial charge < -0.3 is 10.2 Å². The Labute approximate surface area is 94.0 Å². The zero-order chi connectivity index (χ0) is 12.1. The number of nitrogens with zero attached hydrogens (tertiary/aromatic N) is 1. The first-order chi connectivity index (χ1) is 6.67. The Morgan fingerprint density at radius 3 is 2.07 bits per heavy atom. The lowest BCUT2D eigenvalue weighted by Crippen LogP contribution is -2.36. The van der Waals surface area contributed by atoms with Crippen LogP contribution in [0.15, 0.2) is 0 Å². The highest BCUT2D eigenvalue weighted by Crippen LogP contribution is 2.14. The maximum atomic E-state index is 11.7.